The van der Waals surface area contributed by atoms with E-state index in [1.807, 2.05) is 4.68 Å². The van der Waals surface area contributed by atoms with Gasteiger partial charge in [0.15, 0.2) is 5.82 Å². The number of rotatable bonds is 5. The van der Waals surface area contributed by atoms with Gasteiger partial charge in [0, 0.05) is 6.04 Å². The molecule has 2 aliphatic rings. The van der Waals surface area contributed by atoms with E-state index in [9.17, 15) is 4.79 Å². The van der Waals surface area contributed by atoms with Crippen LogP contribution in [-0.4, -0.2) is 50.8 Å². The average Bonchev–Trinajstić information content (AvgIpc) is 3.21. The number of hydrogen-bond acceptors (Lipinski definition) is 6. The number of aromatic nitrogens is 4. The molecule has 3 rings (SSSR count). The highest BCUT2D eigenvalue weighted by atomic mass is 16.5. The molecule has 0 amide bonds. The Morgan fingerprint density at radius 3 is 2.95 bits per heavy atom. The molecule has 2 fully saturated rings. The smallest absolute Gasteiger partial charge is 0.307 e. The second kappa shape index (κ2) is 5.87. The molecule has 1 aromatic rings. The molecule has 20 heavy (non-hydrogen) atoms. The number of nitrogens with zero attached hydrogens (tertiary/aromatic N) is 5. The fourth-order valence-corrected chi connectivity index (χ4v) is 2.88. The van der Waals surface area contributed by atoms with Crippen LogP contribution in [0.2, 0.25) is 0 Å². The van der Waals surface area contributed by atoms with Gasteiger partial charge in [-0.05, 0) is 42.7 Å². The molecular formula is C13H21N5O2. The first-order valence-electron chi connectivity index (χ1n) is 7.35. The first kappa shape index (κ1) is 13.5. The largest absolute Gasteiger partial charge is 0.469 e. The molecule has 1 aromatic heterocycles. The molecule has 1 aliphatic carbocycles. The summed E-state index contributed by atoms with van der Waals surface area (Å²) in [4.78, 5) is 13.8. The van der Waals surface area contributed by atoms with Gasteiger partial charge in [0.25, 0.3) is 0 Å². The predicted molar refractivity (Wildman–Crippen MR) is 70.8 cm³/mol. The third kappa shape index (κ3) is 2.98. The topological polar surface area (TPSA) is 73.1 Å². The molecule has 110 valence electrons. The quantitative estimate of drug-likeness (QED) is 0.746. The van der Waals surface area contributed by atoms with E-state index in [-0.39, 0.29) is 12.0 Å². The number of piperidine rings is 1. The Kier molecular flexibility index (Phi) is 3.95. The Hall–Kier alpha value is -1.50. The summed E-state index contributed by atoms with van der Waals surface area (Å²) in [5, 5.41) is 12.0. The lowest BCUT2D eigenvalue weighted by Gasteiger charge is -2.34. The van der Waals surface area contributed by atoms with E-state index in [4.69, 9.17) is 4.74 Å². The van der Waals surface area contributed by atoms with Gasteiger partial charge in [-0.1, -0.05) is 6.42 Å². The molecule has 1 aliphatic heterocycles. The Morgan fingerprint density at radius 1 is 1.35 bits per heavy atom. The number of methoxy groups -OCH3 is 1. The van der Waals surface area contributed by atoms with Crippen molar-refractivity contribution in [2.75, 3.05) is 13.7 Å². The van der Waals surface area contributed by atoms with Crippen LogP contribution in [0.3, 0.4) is 0 Å². The van der Waals surface area contributed by atoms with Gasteiger partial charge in [-0.3, -0.25) is 9.69 Å². The number of tetrazole rings is 1. The number of carbonyl (C=O) groups excluding carboxylic acids is 1. The van der Waals surface area contributed by atoms with Gasteiger partial charge in [-0.2, -0.15) is 0 Å². The first-order chi connectivity index (χ1) is 9.78. The number of carbonyl (C=O) groups is 1. The van der Waals surface area contributed by atoms with E-state index in [0.717, 1.165) is 25.3 Å². The Balaban J connectivity index is 1.66. The maximum Gasteiger partial charge on any atom is 0.307 e. The molecule has 7 heteroatoms. The van der Waals surface area contributed by atoms with Gasteiger partial charge in [0.2, 0.25) is 0 Å². The molecule has 1 unspecified atom stereocenters. The molecule has 0 spiro atoms. The van der Waals surface area contributed by atoms with Crippen LogP contribution in [0.15, 0.2) is 0 Å². The lowest BCUT2D eigenvalue weighted by Crippen LogP contribution is -2.41. The van der Waals surface area contributed by atoms with Crippen LogP contribution in [0, 0.1) is 0 Å². The second-order valence-corrected chi connectivity index (χ2v) is 5.67. The van der Waals surface area contributed by atoms with E-state index < -0.39 is 0 Å². The summed E-state index contributed by atoms with van der Waals surface area (Å²) >= 11 is 0. The van der Waals surface area contributed by atoms with Gasteiger partial charge in [0.1, 0.15) is 0 Å². The number of hydrogen-bond donors (Lipinski definition) is 0. The van der Waals surface area contributed by atoms with Crippen molar-refractivity contribution in [3.8, 4) is 0 Å². The van der Waals surface area contributed by atoms with Gasteiger partial charge in [0.05, 0.1) is 26.1 Å². The zero-order valence-electron chi connectivity index (χ0n) is 11.9. The normalized spacial score (nSPS) is 23.8. The third-order valence-corrected chi connectivity index (χ3v) is 4.18. The number of likely N-dealkylation sites (tertiary alicyclic amines) is 1. The number of esters is 1. The Morgan fingerprint density at radius 2 is 2.20 bits per heavy atom. The van der Waals surface area contributed by atoms with Crippen molar-refractivity contribution in [2.45, 2.75) is 57.2 Å². The van der Waals surface area contributed by atoms with Crippen LogP contribution in [0.4, 0.5) is 0 Å². The van der Waals surface area contributed by atoms with Crippen molar-refractivity contribution in [3.63, 3.8) is 0 Å². The average molecular weight is 279 g/mol. The van der Waals surface area contributed by atoms with Crippen LogP contribution in [0.1, 0.15) is 50.4 Å². The van der Waals surface area contributed by atoms with Crippen molar-refractivity contribution in [1.29, 1.82) is 0 Å². The van der Waals surface area contributed by atoms with E-state index in [1.165, 1.54) is 32.8 Å². The summed E-state index contributed by atoms with van der Waals surface area (Å²) in [6, 6.07) is 0.740. The molecule has 0 aromatic carbocycles. The molecule has 0 N–H and O–H groups in total. The van der Waals surface area contributed by atoms with E-state index in [0.29, 0.717) is 12.5 Å². The highest BCUT2D eigenvalue weighted by Gasteiger charge is 2.31. The molecule has 2 heterocycles. The SMILES string of the molecule is COC(=O)CC1CCCCN1Cc1nnnn1C1CC1. The number of ether oxygens (including phenoxy) is 1. The first-order valence-corrected chi connectivity index (χ1v) is 7.35. The van der Waals surface area contributed by atoms with Crippen molar-refractivity contribution < 1.29 is 9.53 Å². The Labute approximate surface area is 118 Å². The van der Waals surface area contributed by atoms with E-state index >= 15 is 0 Å². The summed E-state index contributed by atoms with van der Waals surface area (Å²) in [6.07, 6.45) is 6.18. The summed E-state index contributed by atoms with van der Waals surface area (Å²) in [5.41, 5.74) is 0. The maximum absolute atomic E-state index is 11.5. The minimum atomic E-state index is -0.135. The maximum atomic E-state index is 11.5. The molecule has 1 saturated carbocycles. The van der Waals surface area contributed by atoms with Gasteiger partial charge in [-0.25, -0.2) is 4.68 Å². The summed E-state index contributed by atoms with van der Waals surface area (Å²) in [7, 11) is 1.45. The molecule has 0 radical (unpaired) electrons. The molecule has 0 bridgehead atoms. The van der Waals surface area contributed by atoms with Crippen LogP contribution >= 0.6 is 0 Å². The summed E-state index contributed by atoms with van der Waals surface area (Å²) in [5.74, 6) is 0.785. The van der Waals surface area contributed by atoms with Crippen LogP contribution in [-0.2, 0) is 16.1 Å². The lowest BCUT2D eigenvalue weighted by atomic mass is 9.99. The standard InChI is InChI=1S/C13H21N5O2/c1-20-13(19)8-11-4-2-3-7-17(11)9-12-14-15-16-18(12)10-5-6-10/h10-11H,2-9H2,1H3. The molecule has 1 atom stereocenters. The van der Waals surface area contributed by atoms with Gasteiger partial charge >= 0.3 is 5.97 Å². The molecule has 7 nitrogen and oxygen atoms in total. The minimum absolute atomic E-state index is 0.135. The zero-order valence-corrected chi connectivity index (χ0v) is 11.9. The van der Waals surface area contributed by atoms with Crippen LogP contribution in [0.25, 0.3) is 0 Å². The predicted octanol–water partition coefficient (Wildman–Crippen LogP) is 0.926. The van der Waals surface area contributed by atoms with Gasteiger partial charge < -0.3 is 4.74 Å². The zero-order chi connectivity index (χ0) is 13.9. The summed E-state index contributed by atoms with van der Waals surface area (Å²) < 4.78 is 6.75. The minimum Gasteiger partial charge on any atom is -0.469 e. The molecular weight excluding hydrogens is 258 g/mol. The van der Waals surface area contributed by atoms with Gasteiger partial charge in [-0.15, -0.1) is 5.10 Å². The molecule has 1 saturated heterocycles. The monoisotopic (exact) mass is 279 g/mol. The Bertz CT molecular complexity index is 471. The van der Waals surface area contributed by atoms with Crippen LogP contribution < -0.4 is 0 Å². The van der Waals surface area contributed by atoms with Crippen molar-refractivity contribution in [2.24, 2.45) is 0 Å². The van der Waals surface area contributed by atoms with Crippen molar-refractivity contribution >= 4 is 5.97 Å². The fraction of sp³-hybridized carbons (Fsp3) is 0.846. The van der Waals surface area contributed by atoms with Crippen LogP contribution in [0.5, 0.6) is 0 Å². The summed E-state index contributed by atoms with van der Waals surface area (Å²) in [6.45, 7) is 1.73. The highest BCUT2D eigenvalue weighted by Crippen LogP contribution is 2.34. The van der Waals surface area contributed by atoms with E-state index in [1.54, 1.807) is 0 Å². The highest BCUT2D eigenvalue weighted by molar-refractivity contribution is 5.69. The fourth-order valence-electron chi connectivity index (χ4n) is 2.88. The van der Waals surface area contributed by atoms with Crippen molar-refractivity contribution in [3.05, 3.63) is 5.82 Å². The lowest BCUT2D eigenvalue weighted by molar-refractivity contribution is -0.142. The van der Waals surface area contributed by atoms with E-state index in [2.05, 4.69) is 20.4 Å². The third-order valence-electron chi connectivity index (χ3n) is 4.18. The van der Waals surface area contributed by atoms with Crippen molar-refractivity contribution in [1.82, 2.24) is 25.1 Å². The second-order valence-electron chi connectivity index (χ2n) is 5.67.